The lowest BCUT2D eigenvalue weighted by atomic mass is 10.5. The van der Waals surface area contributed by atoms with Crippen LogP contribution in [0.4, 0.5) is 0 Å². The van der Waals surface area contributed by atoms with Gasteiger partial charge < -0.3 is 4.90 Å². The Morgan fingerprint density at radius 2 is 2.19 bits per heavy atom. The molecule has 0 saturated heterocycles. The first-order valence-corrected chi connectivity index (χ1v) is 8.69. The van der Waals surface area contributed by atoms with Crippen LogP contribution in [-0.4, -0.2) is 41.7 Å². The molecule has 1 heterocycles. The van der Waals surface area contributed by atoms with Crippen LogP contribution in [0, 0.1) is 0 Å². The molecule has 0 saturated carbocycles. The molecule has 1 unspecified atom stereocenters. The Kier molecular flexibility index (Phi) is 5.28. The fourth-order valence-corrected chi connectivity index (χ4v) is 5.69. The van der Waals surface area contributed by atoms with Crippen molar-refractivity contribution in [3.05, 3.63) is 9.89 Å². The number of rotatable bonds is 3. The summed E-state index contributed by atoms with van der Waals surface area (Å²) in [6.45, 7) is 5.78. The van der Waals surface area contributed by atoms with Gasteiger partial charge in [0, 0.05) is 18.3 Å². The van der Waals surface area contributed by atoms with Gasteiger partial charge in [0.15, 0.2) is 9.84 Å². The van der Waals surface area contributed by atoms with Gasteiger partial charge in [-0.2, -0.15) is 0 Å². The lowest BCUT2D eigenvalue weighted by Gasteiger charge is -2.22. The van der Waals surface area contributed by atoms with Crippen molar-refractivity contribution in [2.24, 2.45) is 0 Å². The van der Waals surface area contributed by atoms with E-state index in [0.717, 1.165) is 17.4 Å². The van der Waals surface area contributed by atoms with Crippen LogP contribution < -0.4 is 0 Å². The van der Waals surface area contributed by atoms with E-state index in [1.807, 2.05) is 18.7 Å². The molecule has 0 fully saturated rings. The normalized spacial score (nSPS) is 22.9. The van der Waals surface area contributed by atoms with E-state index in [-0.39, 0.29) is 11.0 Å². The predicted octanol–water partition coefficient (Wildman–Crippen LogP) is 2.38. The molecule has 0 spiro atoms. The second-order valence-corrected chi connectivity index (χ2v) is 8.60. The quantitative estimate of drug-likeness (QED) is 0.735. The standard InChI is InChI=1S/C9H14BrNO2S3/c1-3-11(4-2)9(14)15-7-5-8(10)16(12,13)6-7/h5,7H,3-4,6H2,1-2H3. The van der Waals surface area contributed by atoms with Crippen molar-refractivity contribution < 1.29 is 8.42 Å². The summed E-state index contributed by atoms with van der Waals surface area (Å²) in [5.74, 6) is 0.139. The summed E-state index contributed by atoms with van der Waals surface area (Å²) >= 11 is 9.78. The maximum Gasteiger partial charge on any atom is 0.186 e. The maximum atomic E-state index is 11.5. The topological polar surface area (TPSA) is 37.4 Å². The van der Waals surface area contributed by atoms with E-state index < -0.39 is 9.84 Å². The lowest BCUT2D eigenvalue weighted by molar-refractivity contribution is 0.482. The Balaban J connectivity index is 2.62. The number of halogens is 1. The van der Waals surface area contributed by atoms with Crippen LogP contribution in [0.25, 0.3) is 0 Å². The van der Waals surface area contributed by atoms with E-state index in [1.165, 1.54) is 11.8 Å². The van der Waals surface area contributed by atoms with Crippen LogP contribution in [-0.2, 0) is 9.84 Å². The van der Waals surface area contributed by atoms with Gasteiger partial charge in [0.05, 0.1) is 5.75 Å². The van der Waals surface area contributed by atoms with Gasteiger partial charge in [0.25, 0.3) is 0 Å². The van der Waals surface area contributed by atoms with Crippen molar-refractivity contribution >= 4 is 54.1 Å². The van der Waals surface area contributed by atoms with Crippen molar-refractivity contribution in [2.45, 2.75) is 19.1 Å². The average Bonchev–Trinajstić information content (AvgIpc) is 2.42. The molecule has 1 rings (SSSR count). The van der Waals surface area contributed by atoms with Crippen molar-refractivity contribution in [3.63, 3.8) is 0 Å². The monoisotopic (exact) mass is 343 g/mol. The molecule has 3 nitrogen and oxygen atoms in total. The summed E-state index contributed by atoms with van der Waals surface area (Å²) in [5, 5.41) is -0.0625. The molecule has 0 aromatic heterocycles. The van der Waals surface area contributed by atoms with Gasteiger partial charge in [-0.15, -0.1) is 0 Å². The second-order valence-electron chi connectivity index (χ2n) is 3.35. The van der Waals surface area contributed by atoms with Gasteiger partial charge in [-0.25, -0.2) is 8.42 Å². The highest BCUT2D eigenvalue weighted by Gasteiger charge is 2.30. The number of thioether (sulfide) groups is 1. The lowest BCUT2D eigenvalue weighted by Crippen LogP contribution is -2.28. The van der Waals surface area contributed by atoms with Crippen molar-refractivity contribution in [2.75, 3.05) is 18.8 Å². The Hall–Kier alpha value is 0.410. The Morgan fingerprint density at radius 1 is 1.62 bits per heavy atom. The molecule has 0 radical (unpaired) electrons. The number of nitrogens with zero attached hydrogens (tertiary/aromatic N) is 1. The van der Waals surface area contributed by atoms with Crippen molar-refractivity contribution in [1.29, 1.82) is 0 Å². The molecule has 0 aliphatic carbocycles. The fraction of sp³-hybridized carbons (Fsp3) is 0.667. The van der Waals surface area contributed by atoms with Gasteiger partial charge in [0.1, 0.15) is 8.13 Å². The largest absolute Gasteiger partial charge is 0.358 e. The zero-order chi connectivity index (χ0) is 12.3. The third kappa shape index (κ3) is 3.45. The summed E-state index contributed by atoms with van der Waals surface area (Å²) < 4.78 is 24.0. The first-order valence-electron chi connectivity index (χ1n) is 4.96. The summed E-state index contributed by atoms with van der Waals surface area (Å²) in [7, 11) is -3.08. The molecule has 1 aliphatic heterocycles. The van der Waals surface area contributed by atoms with E-state index in [0.29, 0.717) is 3.81 Å². The van der Waals surface area contributed by atoms with Crippen molar-refractivity contribution in [1.82, 2.24) is 4.90 Å². The van der Waals surface area contributed by atoms with E-state index in [1.54, 1.807) is 6.08 Å². The Morgan fingerprint density at radius 3 is 2.56 bits per heavy atom. The molecular formula is C9H14BrNO2S3. The van der Waals surface area contributed by atoms with Gasteiger partial charge >= 0.3 is 0 Å². The molecule has 0 N–H and O–H groups in total. The third-order valence-electron chi connectivity index (χ3n) is 2.27. The van der Waals surface area contributed by atoms with Crippen LogP contribution >= 0.6 is 39.9 Å². The fourth-order valence-electron chi connectivity index (χ4n) is 1.35. The van der Waals surface area contributed by atoms with Crippen LogP contribution in [0.15, 0.2) is 9.89 Å². The van der Waals surface area contributed by atoms with Gasteiger partial charge in [-0.05, 0) is 35.9 Å². The highest BCUT2D eigenvalue weighted by Crippen LogP contribution is 2.31. The highest BCUT2D eigenvalue weighted by molar-refractivity contribution is 9.13. The van der Waals surface area contributed by atoms with Crippen LogP contribution in [0.3, 0.4) is 0 Å². The van der Waals surface area contributed by atoms with E-state index in [9.17, 15) is 8.42 Å². The zero-order valence-electron chi connectivity index (χ0n) is 9.14. The van der Waals surface area contributed by atoms with E-state index in [4.69, 9.17) is 12.2 Å². The average molecular weight is 344 g/mol. The van der Waals surface area contributed by atoms with E-state index in [2.05, 4.69) is 15.9 Å². The highest BCUT2D eigenvalue weighted by atomic mass is 79.9. The molecule has 0 aromatic carbocycles. The molecule has 0 aromatic rings. The zero-order valence-corrected chi connectivity index (χ0v) is 13.2. The van der Waals surface area contributed by atoms with Crippen LogP contribution in [0.1, 0.15) is 13.8 Å². The molecule has 1 atom stereocenters. The molecule has 16 heavy (non-hydrogen) atoms. The minimum absolute atomic E-state index is 0.0625. The minimum Gasteiger partial charge on any atom is -0.358 e. The molecule has 0 bridgehead atoms. The summed E-state index contributed by atoms with van der Waals surface area (Å²) in [4.78, 5) is 2.05. The van der Waals surface area contributed by atoms with Gasteiger partial charge in [0.2, 0.25) is 0 Å². The first kappa shape index (κ1) is 14.5. The first-order chi connectivity index (χ1) is 7.40. The number of hydrogen-bond donors (Lipinski definition) is 0. The smallest absolute Gasteiger partial charge is 0.186 e. The van der Waals surface area contributed by atoms with Crippen LogP contribution in [0.2, 0.25) is 0 Å². The Bertz CT molecular complexity index is 401. The minimum atomic E-state index is -3.08. The third-order valence-corrected chi connectivity index (χ3v) is 7.37. The molecule has 1 aliphatic rings. The Labute approximate surface area is 115 Å². The molecule has 0 amide bonds. The number of thiocarbonyl (C=S) groups is 1. The van der Waals surface area contributed by atoms with Gasteiger partial charge in [-0.1, -0.05) is 24.0 Å². The van der Waals surface area contributed by atoms with E-state index >= 15 is 0 Å². The van der Waals surface area contributed by atoms with Crippen molar-refractivity contribution in [3.8, 4) is 0 Å². The predicted molar refractivity (Wildman–Crippen MR) is 77.7 cm³/mol. The number of sulfone groups is 1. The summed E-state index contributed by atoms with van der Waals surface area (Å²) in [5.41, 5.74) is 0. The van der Waals surface area contributed by atoms with Crippen LogP contribution in [0.5, 0.6) is 0 Å². The number of hydrogen-bond acceptors (Lipinski definition) is 4. The molecule has 92 valence electrons. The maximum absolute atomic E-state index is 11.5. The molecular weight excluding hydrogens is 330 g/mol. The molecule has 7 heteroatoms. The summed E-state index contributed by atoms with van der Waals surface area (Å²) in [6.07, 6.45) is 1.72. The van der Waals surface area contributed by atoms with Gasteiger partial charge in [-0.3, -0.25) is 0 Å². The second kappa shape index (κ2) is 5.84. The summed E-state index contributed by atoms with van der Waals surface area (Å²) in [6, 6.07) is 0. The SMILES string of the molecule is CCN(CC)C(=S)SC1C=C(Br)S(=O)(=O)C1.